The number of aryl methyl sites for hydroxylation is 2. The van der Waals surface area contributed by atoms with Crippen molar-refractivity contribution in [2.24, 2.45) is 0 Å². The van der Waals surface area contributed by atoms with Gasteiger partial charge in [0.15, 0.2) is 5.13 Å². The SMILES string of the molecule is Cc1ccc(C(=O)Nc2nc(-c3ccc(C)cc3)c(-c3ccc([N+](=O)[O-])cc3)s2)cc1. The standard InChI is InChI=1S/C24H19N3O3S/c1-15-3-7-17(8-4-15)21-22(18-11-13-20(14-12-18)27(29)30)31-24(25-21)26-23(28)19-9-5-16(2)6-10-19/h3-14H,1-2H3,(H,25,26,28). The van der Waals surface area contributed by atoms with Crippen LogP contribution in [0.2, 0.25) is 0 Å². The Labute approximate surface area is 183 Å². The molecule has 0 saturated heterocycles. The molecule has 6 nitrogen and oxygen atoms in total. The summed E-state index contributed by atoms with van der Waals surface area (Å²) in [7, 11) is 0. The number of nitro benzene ring substituents is 1. The maximum absolute atomic E-state index is 12.7. The van der Waals surface area contributed by atoms with Gasteiger partial charge in [0.1, 0.15) is 0 Å². The molecule has 3 aromatic carbocycles. The van der Waals surface area contributed by atoms with Gasteiger partial charge in [-0.1, -0.05) is 58.9 Å². The zero-order valence-corrected chi connectivity index (χ0v) is 17.8. The predicted octanol–water partition coefficient (Wildman–Crippen LogP) is 6.25. The summed E-state index contributed by atoms with van der Waals surface area (Å²) in [6.07, 6.45) is 0. The lowest BCUT2D eigenvalue weighted by atomic mass is 10.1. The number of nitrogens with one attached hydrogen (secondary N) is 1. The molecule has 0 aliphatic carbocycles. The smallest absolute Gasteiger partial charge is 0.269 e. The molecule has 1 heterocycles. The van der Waals surface area contributed by atoms with Crippen LogP contribution in [0.25, 0.3) is 21.7 Å². The maximum atomic E-state index is 12.7. The third-order valence-corrected chi connectivity index (χ3v) is 5.85. The monoisotopic (exact) mass is 429 g/mol. The fourth-order valence-electron chi connectivity index (χ4n) is 3.09. The van der Waals surface area contributed by atoms with Crippen LogP contribution in [0.4, 0.5) is 10.8 Å². The van der Waals surface area contributed by atoms with Gasteiger partial charge in [0.25, 0.3) is 11.6 Å². The Balaban J connectivity index is 1.72. The first-order chi connectivity index (χ1) is 14.9. The van der Waals surface area contributed by atoms with E-state index in [0.29, 0.717) is 10.7 Å². The molecule has 1 aromatic heterocycles. The van der Waals surface area contributed by atoms with Gasteiger partial charge in [-0.2, -0.15) is 0 Å². The molecular formula is C24H19N3O3S. The number of thiazole rings is 1. The summed E-state index contributed by atoms with van der Waals surface area (Å²) in [5.74, 6) is -0.237. The van der Waals surface area contributed by atoms with Gasteiger partial charge in [-0.25, -0.2) is 4.98 Å². The van der Waals surface area contributed by atoms with E-state index in [-0.39, 0.29) is 11.6 Å². The zero-order valence-electron chi connectivity index (χ0n) is 17.0. The molecule has 0 saturated carbocycles. The molecule has 0 unspecified atom stereocenters. The zero-order chi connectivity index (χ0) is 22.0. The maximum Gasteiger partial charge on any atom is 0.269 e. The Morgan fingerprint density at radius 1 is 0.871 bits per heavy atom. The summed E-state index contributed by atoms with van der Waals surface area (Å²) < 4.78 is 0. The molecule has 0 atom stereocenters. The Morgan fingerprint density at radius 2 is 1.42 bits per heavy atom. The number of nitrogens with zero attached hydrogens (tertiary/aromatic N) is 2. The van der Waals surface area contributed by atoms with Crippen LogP contribution < -0.4 is 5.32 Å². The lowest BCUT2D eigenvalue weighted by molar-refractivity contribution is -0.384. The second-order valence-corrected chi connectivity index (χ2v) is 8.19. The molecule has 1 N–H and O–H groups in total. The van der Waals surface area contributed by atoms with Crippen LogP contribution in [0.5, 0.6) is 0 Å². The molecular weight excluding hydrogens is 410 g/mol. The first-order valence-corrected chi connectivity index (χ1v) is 10.4. The van der Waals surface area contributed by atoms with Crippen LogP contribution in [-0.2, 0) is 0 Å². The average molecular weight is 430 g/mol. The van der Waals surface area contributed by atoms with Crippen LogP contribution >= 0.6 is 11.3 Å². The molecule has 0 spiro atoms. The average Bonchev–Trinajstić information content (AvgIpc) is 3.18. The third-order valence-electron chi connectivity index (χ3n) is 4.83. The Hall–Kier alpha value is -3.84. The van der Waals surface area contributed by atoms with Crippen molar-refractivity contribution in [3.8, 4) is 21.7 Å². The van der Waals surface area contributed by atoms with E-state index in [0.717, 1.165) is 32.8 Å². The number of benzene rings is 3. The van der Waals surface area contributed by atoms with E-state index < -0.39 is 4.92 Å². The molecule has 31 heavy (non-hydrogen) atoms. The molecule has 154 valence electrons. The topological polar surface area (TPSA) is 85.1 Å². The van der Waals surface area contributed by atoms with Gasteiger partial charge >= 0.3 is 0 Å². The molecule has 4 rings (SSSR count). The number of non-ortho nitro benzene ring substituents is 1. The van der Waals surface area contributed by atoms with Gasteiger partial charge in [-0.05, 0) is 43.7 Å². The number of amides is 1. The minimum Gasteiger partial charge on any atom is -0.298 e. The number of carbonyl (C=O) groups is 1. The van der Waals surface area contributed by atoms with Gasteiger partial charge < -0.3 is 0 Å². The molecule has 0 aliphatic rings. The Morgan fingerprint density at radius 3 is 2.00 bits per heavy atom. The van der Waals surface area contributed by atoms with E-state index in [1.54, 1.807) is 24.3 Å². The summed E-state index contributed by atoms with van der Waals surface area (Å²) in [6, 6.07) is 21.6. The summed E-state index contributed by atoms with van der Waals surface area (Å²) in [4.78, 5) is 28.7. The normalized spacial score (nSPS) is 10.6. The second-order valence-electron chi connectivity index (χ2n) is 7.19. The largest absolute Gasteiger partial charge is 0.298 e. The quantitative estimate of drug-likeness (QED) is 0.300. The summed E-state index contributed by atoms with van der Waals surface area (Å²) in [5, 5.41) is 14.3. The van der Waals surface area contributed by atoms with E-state index in [4.69, 9.17) is 0 Å². The Kier molecular flexibility index (Phi) is 5.60. The minimum atomic E-state index is -0.426. The first kappa shape index (κ1) is 20.4. The number of hydrogen-bond acceptors (Lipinski definition) is 5. The number of aromatic nitrogens is 1. The minimum absolute atomic E-state index is 0.0260. The van der Waals surface area contributed by atoms with Crippen molar-refractivity contribution >= 4 is 28.1 Å². The highest BCUT2D eigenvalue weighted by Gasteiger charge is 2.18. The van der Waals surface area contributed by atoms with Crippen LogP contribution in [0.3, 0.4) is 0 Å². The summed E-state index contributed by atoms with van der Waals surface area (Å²) in [5.41, 5.74) is 5.21. The number of hydrogen-bond donors (Lipinski definition) is 1. The molecule has 0 radical (unpaired) electrons. The van der Waals surface area contributed by atoms with E-state index in [9.17, 15) is 14.9 Å². The van der Waals surface area contributed by atoms with E-state index in [1.165, 1.54) is 23.5 Å². The number of carbonyl (C=O) groups excluding carboxylic acids is 1. The molecule has 0 fully saturated rings. The second kappa shape index (κ2) is 8.49. The van der Waals surface area contributed by atoms with E-state index in [1.807, 2.05) is 50.2 Å². The lowest BCUT2D eigenvalue weighted by Gasteiger charge is -2.03. The highest BCUT2D eigenvalue weighted by atomic mass is 32.1. The highest BCUT2D eigenvalue weighted by Crippen LogP contribution is 2.39. The van der Waals surface area contributed by atoms with Crippen molar-refractivity contribution in [3.63, 3.8) is 0 Å². The van der Waals surface area contributed by atoms with E-state index >= 15 is 0 Å². The van der Waals surface area contributed by atoms with Crippen molar-refractivity contribution in [2.45, 2.75) is 13.8 Å². The fourth-order valence-corrected chi connectivity index (χ4v) is 4.07. The lowest BCUT2D eigenvalue weighted by Crippen LogP contribution is -2.11. The van der Waals surface area contributed by atoms with Gasteiger partial charge in [0, 0.05) is 23.3 Å². The summed E-state index contributed by atoms with van der Waals surface area (Å²) in [6.45, 7) is 3.97. The molecule has 0 bridgehead atoms. The number of rotatable bonds is 5. The molecule has 4 aromatic rings. The van der Waals surface area contributed by atoms with Gasteiger partial charge in [-0.15, -0.1) is 0 Å². The van der Waals surface area contributed by atoms with Crippen molar-refractivity contribution in [2.75, 3.05) is 5.32 Å². The predicted molar refractivity (Wildman–Crippen MR) is 124 cm³/mol. The van der Waals surface area contributed by atoms with E-state index in [2.05, 4.69) is 10.3 Å². The van der Waals surface area contributed by atoms with Crippen molar-refractivity contribution < 1.29 is 9.72 Å². The van der Waals surface area contributed by atoms with Gasteiger partial charge in [0.05, 0.1) is 15.5 Å². The molecule has 7 heteroatoms. The Bertz CT molecular complexity index is 1240. The summed E-state index contributed by atoms with van der Waals surface area (Å²) >= 11 is 1.34. The van der Waals surface area contributed by atoms with Crippen LogP contribution in [0.15, 0.2) is 72.8 Å². The number of nitro groups is 1. The van der Waals surface area contributed by atoms with Gasteiger partial charge in [0.2, 0.25) is 0 Å². The third kappa shape index (κ3) is 4.51. The number of anilines is 1. The van der Waals surface area contributed by atoms with Crippen molar-refractivity contribution in [3.05, 3.63) is 99.6 Å². The first-order valence-electron chi connectivity index (χ1n) is 9.61. The molecule has 0 aliphatic heterocycles. The molecule has 1 amide bonds. The highest BCUT2D eigenvalue weighted by molar-refractivity contribution is 7.19. The van der Waals surface area contributed by atoms with Crippen molar-refractivity contribution in [1.29, 1.82) is 0 Å². The van der Waals surface area contributed by atoms with Crippen molar-refractivity contribution in [1.82, 2.24) is 4.98 Å². The van der Waals surface area contributed by atoms with Crippen LogP contribution in [-0.4, -0.2) is 15.8 Å². The van der Waals surface area contributed by atoms with Crippen LogP contribution in [0.1, 0.15) is 21.5 Å². The van der Waals surface area contributed by atoms with Crippen LogP contribution in [0, 0.1) is 24.0 Å². The fraction of sp³-hybridized carbons (Fsp3) is 0.0833. The van der Waals surface area contributed by atoms with Gasteiger partial charge in [-0.3, -0.25) is 20.2 Å².